The van der Waals surface area contributed by atoms with Gasteiger partial charge in [0.25, 0.3) is 0 Å². The van der Waals surface area contributed by atoms with Crippen LogP contribution in [0.3, 0.4) is 0 Å². The van der Waals surface area contributed by atoms with E-state index in [0.29, 0.717) is 30.0 Å². The molecule has 34 heavy (non-hydrogen) atoms. The Balaban J connectivity index is 1.67. The average Bonchev–Trinajstić information content (AvgIpc) is 3.46. The number of nitrogens with one attached hydrogen (secondary N) is 1. The summed E-state index contributed by atoms with van der Waals surface area (Å²) in [6, 6.07) is 9.16. The number of amides is 1. The number of nitrogens with zero attached hydrogens (tertiary/aromatic N) is 1. The summed E-state index contributed by atoms with van der Waals surface area (Å²) in [5.41, 5.74) is -0.0606. The van der Waals surface area contributed by atoms with E-state index >= 15 is 0 Å². The number of hydrogen-bond acceptors (Lipinski definition) is 6. The van der Waals surface area contributed by atoms with E-state index in [9.17, 15) is 22.8 Å². The van der Waals surface area contributed by atoms with Gasteiger partial charge in [0.1, 0.15) is 12.2 Å². The number of carbonyl (C=O) groups excluding carboxylic acids is 2. The number of nitrogens with two attached hydrogens (primary N) is 1. The van der Waals surface area contributed by atoms with Crippen LogP contribution in [0, 0.1) is 12.8 Å². The number of halogens is 3. The first-order chi connectivity index (χ1) is 15.7. The number of pyridine rings is 1. The quantitative estimate of drug-likeness (QED) is 0.412. The molecule has 3 N–H and O–H groups in total. The molecule has 1 heterocycles. The predicted molar refractivity (Wildman–Crippen MR) is 124 cm³/mol. The van der Waals surface area contributed by atoms with E-state index in [1.165, 1.54) is 12.1 Å². The number of alkyl halides is 3. The van der Waals surface area contributed by atoms with Gasteiger partial charge in [-0.1, -0.05) is 31.2 Å². The van der Waals surface area contributed by atoms with E-state index in [0.717, 1.165) is 19.4 Å². The first-order valence-corrected chi connectivity index (χ1v) is 11.6. The molecule has 6 nitrogen and oxygen atoms in total. The summed E-state index contributed by atoms with van der Waals surface area (Å²) in [5.74, 6) is -1.05. The van der Waals surface area contributed by atoms with E-state index in [-0.39, 0.29) is 23.0 Å². The van der Waals surface area contributed by atoms with Gasteiger partial charge < -0.3 is 9.50 Å². The maximum absolute atomic E-state index is 13.3. The van der Waals surface area contributed by atoms with Crippen molar-refractivity contribution in [3.05, 3.63) is 64.5 Å². The van der Waals surface area contributed by atoms with Crippen LogP contribution in [0.4, 0.5) is 13.2 Å². The van der Waals surface area contributed by atoms with Crippen LogP contribution in [0.2, 0.25) is 0 Å². The number of aromatic nitrogens is 1. The minimum Gasteiger partial charge on any atom is -0.371 e. The Morgan fingerprint density at radius 3 is 2.35 bits per heavy atom. The van der Waals surface area contributed by atoms with Gasteiger partial charge in [0.15, 0.2) is 0 Å². The van der Waals surface area contributed by atoms with E-state index in [1.807, 2.05) is 6.92 Å². The van der Waals surface area contributed by atoms with Gasteiger partial charge >= 0.3 is 12.1 Å². The molecule has 1 saturated carbocycles. The minimum absolute atomic E-state index is 0.155. The lowest BCUT2D eigenvalue weighted by Crippen LogP contribution is -2.36. The van der Waals surface area contributed by atoms with Crippen LogP contribution in [0.15, 0.2) is 36.4 Å². The molecule has 1 fully saturated rings. The molecule has 0 aliphatic heterocycles. The number of hydrogen-bond donors (Lipinski definition) is 2. The molecule has 3 rings (SSSR count). The van der Waals surface area contributed by atoms with Gasteiger partial charge in [0.05, 0.1) is 28.4 Å². The lowest BCUT2D eigenvalue weighted by molar-refractivity contribution is -0.180. The predicted octanol–water partition coefficient (Wildman–Crippen LogP) is 5.06. The highest BCUT2D eigenvalue weighted by atomic mass is 32.2. The molecule has 1 aliphatic rings. The molecule has 3 atom stereocenters. The van der Waals surface area contributed by atoms with E-state index < -0.39 is 29.0 Å². The number of rotatable bonds is 7. The van der Waals surface area contributed by atoms with Gasteiger partial charge in [0, 0.05) is 11.3 Å². The normalized spacial score (nSPS) is 21.0. The Hall–Kier alpha value is -2.59. The van der Waals surface area contributed by atoms with Gasteiger partial charge in [-0.25, -0.2) is 9.93 Å². The monoisotopic (exact) mass is 495 g/mol. The second-order valence-electron chi connectivity index (χ2n) is 9.44. The fraction of sp³-hybridized carbons (Fsp3) is 0.458. The molecule has 1 aromatic carbocycles. The van der Waals surface area contributed by atoms with Crippen molar-refractivity contribution in [2.24, 2.45) is 11.1 Å². The summed E-state index contributed by atoms with van der Waals surface area (Å²) in [7, 11) is 0. The molecular weight excluding hydrogens is 467 g/mol. The number of carbonyl (C=O) groups is 2. The van der Waals surface area contributed by atoms with Crippen LogP contribution < -0.4 is 10.5 Å². The smallest absolute Gasteiger partial charge is 0.371 e. The summed E-state index contributed by atoms with van der Waals surface area (Å²) in [4.78, 5) is 29.2. The van der Waals surface area contributed by atoms with Crippen molar-refractivity contribution in [1.82, 2.24) is 10.3 Å². The second kappa shape index (κ2) is 9.22. The van der Waals surface area contributed by atoms with Gasteiger partial charge in [-0.05, 0) is 57.4 Å². The molecule has 10 heteroatoms. The summed E-state index contributed by atoms with van der Waals surface area (Å²) in [6.07, 6.45) is -3.76. The van der Waals surface area contributed by atoms with Gasteiger partial charge in [0.2, 0.25) is 5.91 Å². The highest BCUT2D eigenvalue weighted by Gasteiger charge is 2.56. The number of aryl methyl sites for hydroxylation is 1. The van der Waals surface area contributed by atoms with Crippen molar-refractivity contribution in [2.45, 2.75) is 64.1 Å². The maximum atomic E-state index is 13.3. The molecule has 2 aromatic rings. The molecule has 1 aromatic heterocycles. The molecular formula is C24H28F3N3O3S. The molecule has 184 valence electrons. The Morgan fingerprint density at radius 2 is 1.82 bits per heavy atom. The summed E-state index contributed by atoms with van der Waals surface area (Å²) in [6.45, 7) is 7.70. The van der Waals surface area contributed by atoms with E-state index in [2.05, 4.69) is 10.3 Å². The van der Waals surface area contributed by atoms with Gasteiger partial charge in [-0.15, -0.1) is 0 Å². The molecule has 0 bridgehead atoms. The van der Waals surface area contributed by atoms with Crippen LogP contribution in [-0.4, -0.2) is 23.0 Å². The lowest BCUT2D eigenvalue weighted by atomic mass is 9.82. The van der Waals surface area contributed by atoms with Crippen molar-refractivity contribution in [3.8, 4) is 0 Å². The fourth-order valence-electron chi connectivity index (χ4n) is 4.01. The summed E-state index contributed by atoms with van der Waals surface area (Å²) in [5, 5.41) is 8.10. The zero-order valence-electron chi connectivity index (χ0n) is 19.6. The summed E-state index contributed by atoms with van der Waals surface area (Å²) >= 11 is 0.459. The highest BCUT2D eigenvalue weighted by molar-refractivity contribution is 7.92. The fourth-order valence-corrected chi connectivity index (χ4v) is 4.19. The van der Waals surface area contributed by atoms with Crippen LogP contribution in [0.25, 0.3) is 0 Å². The molecule has 0 radical (unpaired) electrons. The topological polar surface area (TPSA) is 94.3 Å². The largest absolute Gasteiger partial charge is 0.397 e. The summed E-state index contributed by atoms with van der Waals surface area (Å²) < 4.78 is 44.7. The lowest BCUT2D eigenvalue weighted by Gasteiger charge is -2.28. The second-order valence-corrected chi connectivity index (χ2v) is 9.80. The van der Waals surface area contributed by atoms with Crippen molar-refractivity contribution < 1.29 is 26.9 Å². The van der Waals surface area contributed by atoms with Crippen LogP contribution in [0.1, 0.15) is 73.0 Å². The zero-order valence-corrected chi connectivity index (χ0v) is 20.4. The minimum atomic E-state index is -4.36. The third-order valence-electron chi connectivity index (χ3n) is 6.78. The van der Waals surface area contributed by atoms with Gasteiger partial charge in [-0.3, -0.25) is 9.78 Å². The van der Waals surface area contributed by atoms with Crippen molar-refractivity contribution in [2.75, 3.05) is 0 Å². The van der Waals surface area contributed by atoms with Crippen molar-refractivity contribution in [3.63, 3.8) is 0 Å². The Morgan fingerprint density at radius 1 is 1.21 bits per heavy atom. The molecule has 1 amide bonds. The Labute approximate surface area is 201 Å². The molecule has 1 aliphatic carbocycles. The third-order valence-corrected chi connectivity index (χ3v) is 7.03. The standard InChI is InChI=1S/C24H28F3N3O3S/c1-13-17(21(32)33-34-28)10-11-19(29-13)14(2)30-20(31)18-12-23(18,5)16-8-6-15(7-9-16)22(3,4)24(25,26)27/h6-11,14,18H,12,28H2,1-5H3,(H,30,31)/t14-,18?,23?/m1/s1. The molecule has 2 unspecified atom stereocenters. The Bertz CT molecular complexity index is 1090. The zero-order chi connectivity index (χ0) is 25.5. The molecule has 0 saturated heterocycles. The van der Waals surface area contributed by atoms with E-state index in [4.69, 9.17) is 9.32 Å². The SMILES string of the molecule is Cc1nc([C@@H](C)NC(=O)C2CC2(C)c2ccc(C(C)(C)C(F)(F)F)cc2)ccc1C(=O)OSN. The van der Waals surface area contributed by atoms with Gasteiger partial charge in [-0.2, -0.15) is 13.2 Å². The highest BCUT2D eigenvalue weighted by Crippen LogP contribution is 2.54. The Kier molecular flexibility index (Phi) is 7.06. The maximum Gasteiger partial charge on any atom is 0.397 e. The first-order valence-electron chi connectivity index (χ1n) is 10.8. The van der Waals surface area contributed by atoms with Crippen LogP contribution >= 0.6 is 12.2 Å². The first kappa shape index (κ1) is 26.0. The average molecular weight is 496 g/mol. The van der Waals surface area contributed by atoms with Crippen molar-refractivity contribution >= 4 is 24.1 Å². The number of benzene rings is 1. The third kappa shape index (κ3) is 4.93. The van der Waals surface area contributed by atoms with Crippen LogP contribution in [0.5, 0.6) is 0 Å². The molecule has 0 spiro atoms. The van der Waals surface area contributed by atoms with E-state index in [1.54, 1.807) is 38.1 Å². The van der Waals surface area contributed by atoms with Crippen LogP contribution in [-0.2, 0) is 19.8 Å². The van der Waals surface area contributed by atoms with Crippen molar-refractivity contribution in [1.29, 1.82) is 0 Å².